The lowest BCUT2D eigenvalue weighted by Gasteiger charge is -2.18. The molecule has 0 radical (unpaired) electrons. The number of rotatable bonds is 4. The molecule has 0 aliphatic carbocycles. The molecule has 0 aliphatic heterocycles. The van der Waals surface area contributed by atoms with E-state index >= 15 is 0 Å². The van der Waals surface area contributed by atoms with Crippen LogP contribution in [0.15, 0.2) is 12.1 Å². The molecule has 1 N–H and O–H groups in total. The Morgan fingerprint density at radius 3 is 2.47 bits per heavy atom. The number of hydrogen-bond donors (Lipinski definition) is 1. The second-order valence-corrected chi connectivity index (χ2v) is 3.24. The van der Waals surface area contributed by atoms with Crippen LogP contribution in [0.4, 0.5) is 17.6 Å². The summed E-state index contributed by atoms with van der Waals surface area (Å²) in [4.78, 5) is 10.2. The van der Waals surface area contributed by atoms with E-state index in [2.05, 4.69) is 4.74 Å². The van der Waals surface area contributed by atoms with Crippen molar-refractivity contribution in [3.63, 3.8) is 0 Å². The highest BCUT2D eigenvalue weighted by molar-refractivity contribution is 5.68. The molecule has 0 saturated heterocycles. The zero-order chi connectivity index (χ0) is 13.2. The minimum atomic E-state index is -3.98. The van der Waals surface area contributed by atoms with Crippen molar-refractivity contribution in [3.8, 4) is 5.75 Å². The predicted octanol–water partition coefficient (Wildman–Crippen LogP) is 2.54. The van der Waals surface area contributed by atoms with Gasteiger partial charge in [-0.15, -0.1) is 0 Å². The van der Waals surface area contributed by atoms with Crippen LogP contribution in [0.2, 0.25) is 0 Å². The van der Waals surface area contributed by atoms with E-state index < -0.39 is 41.3 Å². The van der Waals surface area contributed by atoms with Crippen LogP contribution >= 0.6 is 0 Å². The second kappa shape index (κ2) is 4.60. The molecule has 0 fully saturated rings. The quantitative estimate of drug-likeness (QED) is 0.837. The molecule has 3 nitrogen and oxygen atoms in total. The van der Waals surface area contributed by atoms with Crippen molar-refractivity contribution >= 4 is 5.97 Å². The molecule has 1 aromatic rings. The van der Waals surface area contributed by atoms with Gasteiger partial charge >= 0.3 is 5.97 Å². The Balaban J connectivity index is 3.33. The van der Waals surface area contributed by atoms with E-state index in [4.69, 9.17) is 5.11 Å². The van der Waals surface area contributed by atoms with Crippen molar-refractivity contribution in [2.75, 3.05) is 7.11 Å². The Kier molecular flexibility index (Phi) is 3.59. The lowest BCUT2D eigenvalue weighted by atomic mass is 10.0. The molecule has 0 amide bonds. The average Bonchev–Trinajstić information content (AvgIpc) is 2.13. The van der Waals surface area contributed by atoms with Gasteiger partial charge in [-0.3, -0.25) is 4.79 Å². The van der Waals surface area contributed by atoms with E-state index in [1.54, 1.807) is 0 Å². The van der Waals surface area contributed by atoms with E-state index in [1.165, 1.54) is 0 Å². The molecule has 0 unspecified atom stereocenters. The van der Waals surface area contributed by atoms with Gasteiger partial charge in [0.05, 0.1) is 12.7 Å². The number of aliphatic carboxylic acids is 1. The number of carbonyl (C=O) groups is 1. The lowest BCUT2D eigenvalue weighted by Crippen LogP contribution is -2.21. The number of methoxy groups -OCH3 is 1. The maximum atomic E-state index is 13.4. The topological polar surface area (TPSA) is 46.5 Å². The van der Waals surface area contributed by atoms with Crippen molar-refractivity contribution in [3.05, 3.63) is 29.3 Å². The number of benzene rings is 1. The summed E-state index contributed by atoms with van der Waals surface area (Å²) in [6.45, 7) is 0. The van der Waals surface area contributed by atoms with Crippen molar-refractivity contribution in [2.45, 2.75) is 12.3 Å². The molecular weight excluding hydrogens is 244 g/mol. The van der Waals surface area contributed by atoms with Crippen molar-refractivity contribution in [2.24, 2.45) is 0 Å². The third-order valence-corrected chi connectivity index (χ3v) is 1.98. The summed E-state index contributed by atoms with van der Waals surface area (Å²) < 4.78 is 57.3. The fourth-order valence-electron chi connectivity index (χ4n) is 1.34. The van der Waals surface area contributed by atoms with Crippen LogP contribution in [0.25, 0.3) is 0 Å². The number of carboxylic acid groups (broad SMARTS) is 1. The monoisotopic (exact) mass is 252 g/mol. The van der Waals surface area contributed by atoms with E-state index in [9.17, 15) is 22.4 Å². The first-order chi connectivity index (χ1) is 7.77. The standard InChI is InChI=1S/C10H8F4O3/c1-17-7-3-5(11)2-6(12)9(7)10(13,14)4-8(15)16/h2-3H,4H2,1H3,(H,15,16). The van der Waals surface area contributed by atoms with Crippen LogP contribution in [0.3, 0.4) is 0 Å². The molecule has 17 heavy (non-hydrogen) atoms. The summed E-state index contributed by atoms with van der Waals surface area (Å²) >= 11 is 0. The lowest BCUT2D eigenvalue weighted by molar-refractivity contribution is -0.145. The molecule has 0 aliphatic rings. The number of alkyl halides is 2. The van der Waals surface area contributed by atoms with Crippen LogP contribution in [-0.2, 0) is 10.7 Å². The molecule has 0 bridgehead atoms. The van der Waals surface area contributed by atoms with E-state index in [1.807, 2.05) is 0 Å². The summed E-state index contributed by atoms with van der Waals surface area (Å²) in [7, 11) is 0.953. The van der Waals surface area contributed by atoms with Gasteiger partial charge in [-0.1, -0.05) is 0 Å². The van der Waals surface area contributed by atoms with Crippen molar-refractivity contribution < 1.29 is 32.2 Å². The third-order valence-electron chi connectivity index (χ3n) is 1.98. The normalized spacial score (nSPS) is 11.4. The Morgan fingerprint density at radius 2 is 2.00 bits per heavy atom. The Morgan fingerprint density at radius 1 is 1.41 bits per heavy atom. The smallest absolute Gasteiger partial charge is 0.309 e. The molecule has 1 aromatic carbocycles. The van der Waals surface area contributed by atoms with Gasteiger partial charge in [-0.05, 0) is 0 Å². The van der Waals surface area contributed by atoms with Gasteiger partial charge in [0.1, 0.15) is 23.8 Å². The first-order valence-corrected chi connectivity index (χ1v) is 4.41. The predicted molar refractivity (Wildman–Crippen MR) is 49.1 cm³/mol. The summed E-state index contributed by atoms with van der Waals surface area (Å²) in [5.74, 6) is -9.15. The van der Waals surface area contributed by atoms with Gasteiger partial charge in [0.2, 0.25) is 0 Å². The zero-order valence-corrected chi connectivity index (χ0v) is 8.64. The van der Waals surface area contributed by atoms with E-state index in [-0.39, 0.29) is 6.07 Å². The SMILES string of the molecule is COc1cc(F)cc(F)c1C(F)(F)CC(=O)O. The fraction of sp³-hybridized carbons (Fsp3) is 0.300. The number of halogens is 4. The first-order valence-electron chi connectivity index (χ1n) is 4.41. The Labute approximate surface area is 93.6 Å². The summed E-state index contributed by atoms with van der Waals surface area (Å²) in [6, 6.07) is 0.807. The van der Waals surface area contributed by atoms with Crippen molar-refractivity contribution in [1.82, 2.24) is 0 Å². The van der Waals surface area contributed by atoms with Gasteiger partial charge in [0, 0.05) is 12.1 Å². The van der Waals surface area contributed by atoms with Crippen LogP contribution in [0.5, 0.6) is 5.75 Å². The summed E-state index contributed by atoms with van der Waals surface area (Å²) in [5, 5.41) is 8.30. The highest BCUT2D eigenvalue weighted by Gasteiger charge is 2.40. The Hall–Kier alpha value is -1.79. The van der Waals surface area contributed by atoms with Gasteiger partial charge in [0.15, 0.2) is 0 Å². The minimum absolute atomic E-state index is 0.244. The highest BCUT2D eigenvalue weighted by Crippen LogP contribution is 2.39. The van der Waals surface area contributed by atoms with Gasteiger partial charge in [0.25, 0.3) is 5.92 Å². The first kappa shape index (κ1) is 13.3. The number of carboxylic acids is 1. The average molecular weight is 252 g/mol. The second-order valence-electron chi connectivity index (χ2n) is 3.24. The van der Waals surface area contributed by atoms with Gasteiger partial charge in [-0.2, -0.15) is 0 Å². The molecular formula is C10H8F4O3. The molecule has 0 heterocycles. The van der Waals surface area contributed by atoms with Gasteiger partial charge < -0.3 is 9.84 Å². The Bertz CT molecular complexity index is 445. The zero-order valence-electron chi connectivity index (χ0n) is 8.64. The molecule has 0 aromatic heterocycles. The van der Waals surface area contributed by atoms with Crippen LogP contribution in [0.1, 0.15) is 12.0 Å². The largest absolute Gasteiger partial charge is 0.496 e. The number of ether oxygens (including phenoxy) is 1. The maximum absolute atomic E-state index is 13.4. The van der Waals surface area contributed by atoms with Crippen LogP contribution in [-0.4, -0.2) is 18.2 Å². The molecule has 0 atom stereocenters. The summed E-state index contributed by atoms with van der Waals surface area (Å²) in [6.07, 6.45) is -1.61. The molecule has 0 spiro atoms. The molecule has 0 saturated carbocycles. The van der Waals surface area contributed by atoms with Crippen molar-refractivity contribution in [1.29, 1.82) is 0 Å². The summed E-state index contributed by atoms with van der Waals surface area (Å²) in [5.41, 5.74) is -1.26. The molecule has 1 rings (SSSR count). The van der Waals surface area contributed by atoms with Crippen LogP contribution in [0, 0.1) is 11.6 Å². The third kappa shape index (κ3) is 2.86. The minimum Gasteiger partial charge on any atom is -0.496 e. The number of hydrogen-bond acceptors (Lipinski definition) is 2. The van der Waals surface area contributed by atoms with Crippen LogP contribution < -0.4 is 4.74 Å². The maximum Gasteiger partial charge on any atom is 0.309 e. The van der Waals surface area contributed by atoms with Gasteiger partial charge in [-0.25, -0.2) is 17.6 Å². The molecule has 94 valence electrons. The fourth-order valence-corrected chi connectivity index (χ4v) is 1.34. The van der Waals surface area contributed by atoms with E-state index in [0.717, 1.165) is 7.11 Å². The molecule has 7 heteroatoms. The van der Waals surface area contributed by atoms with E-state index in [0.29, 0.717) is 6.07 Å². The highest BCUT2D eigenvalue weighted by atomic mass is 19.3.